The highest BCUT2D eigenvalue weighted by molar-refractivity contribution is 5.83. The molecule has 0 radical (unpaired) electrons. The van der Waals surface area contributed by atoms with Crippen LogP contribution in [-0.2, 0) is 14.4 Å². The molecule has 0 saturated carbocycles. The highest BCUT2D eigenvalue weighted by Gasteiger charge is 2.26. The highest BCUT2D eigenvalue weighted by atomic mass is 16.2. The molecule has 1 saturated heterocycles. The first kappa shape index (κ1) is 30.4. The molecule has 3 amide bonds. The van der Waals surface area contributed by atoms with E-state index in [4.69, 9.17) is 5.73 Å². The van der Waals surface area contributed by atoms with Crippen LogP contribution in [0.4, 0.5) is 0 Å². The van der Waals surface area contributed by atoms with Crippen molar-refractivity contribution in [2.24, 2.45) is 5.73 Å². The number of hydrogen-bond acceptors (Lipinski definition) is 4. The smallest absolute Gasteiger partial charge is 0.239 e. The van der Waals surface area contributed by atoms with Gasteiger partial charge in [0.25, 0.3) is 0 Å². The highest BCUT2D eigenvalue weighted by Crippen LogP contribution is 2.13. The Morgan fingerprint density at radius 3 is 1.97 bits per heavy atom. The third kappa shape index (κ3) is 13.9. The number of nitrogens with two attached hydrogens (primary N) is 1. The van der Waals surface area contributed by atoms with Crippen LogP contribution in [-0.4, -0.2) is 66.3 Å². The fourth-order valence-electron chi connectivity index (χ4n) is 4.59. The van der Waals surface area contributed by atoms with Crippen LogP contribution >= 0.6 is 0 Å². The van der Waals surface area contributed by atoms with Crippen molar-refractivity contribution in [2.45, 2.75) is 123 Å². The molecule has 0 bridgehead atoms. The van der Waals surface area contributed by atoms with Crippen molar-refractivity contribution < 1.29 is 14.4 Å². The minimum absolute atomic E-state index is 0.0933. The fourth-order valence-corrected chi connectivity index (χ4v) is 4.59. The molecule has 0 aromatic carbocycles. The maximum Gasteiger partial charge on any atom is 0.239 e. The Hall–Kier alpha value is -1.63. The van der Waals surface area contributed by atoms with Crippen LogP contribution < -0.4 is 11.1 Å². The molecule has 7 heteroatoms. The second-order valence-electron chi connectivity index (χ2n) is 9.86. The van der Waals surface area contributed by atoms with E-state index in [0.29, 0.717) is 18.7 Å². The molecule has 0 aliphatic carbocycles. The van der Waals surface area contributed by atoms with Gasteiger partial charge in [0, 0.05) is 39.0 Å². The van der Waals surface area contributed by atoms with E-state index in [9.17, 15) is 14.4 Å². The van der Waals surface area contributed by atoms with Crippen LogP contribution in [0.3, 0.4) is 0 Å². The quantitative estimate of drug-likeness (QED) is 0.238. The van der Waals surface area contributed by atoms with E-state index < -0.39 is 0 Å². The lowest BCUT2D eigenvalue weighted by atomic mass is 10.1. The first-order valence-corrected chi connectivity index (χ1v) is 14.1. The molecular weight excluding hydrogens is 428 g/mol. The van der Waals surface area contributed by atoms with Crippen molar-refractivity contribution in [2.75, 3.05) is 32.7 Å². The number of primary amides is 1. The molecule has 1 aliphatic rings. The second kappa shape index (κ2) is 19.7. The molecule has 1 rings (SSSR count). The third-order valence-electron chi connectivity index (χ3n) is 6.77. The maximum atomic E-state index is 12.8. The van der Waals surface area contributed by atoms with E-state index >= 15 is 0 Å². The Bertz CT molecular complexity index is 552. The van der Waals surface area contributed by atoms with Gasteiger partial charge in [0.05, 0.1) is 6.04 Å². The molecule has 1 atom stereocenters. The molecule has 34 heavy (non-hydrogen) atoms. The van der Waals surface area contributed by atoms with Gasteiger partial charge in [-0.2, -0.15) is 0 Å². The van der Waals surface area contributed by atoms with Crippen molar-refractivity contribution in [1.82, 2.24) is 15.1 Å². The molecule has 0 aromatic heterocycles. The number of likely N-dealkylation sites (tertiary alicyclic amines) is 1. The Kier molecular flexibility index (Phi) is 17.6. The van der Waals surface area contributed by atoms with Gasteiger partial charge in [-0.1, -0.05) is 58.8 Å². The summed E-state index contributed by atoms with van der Waals surface area (Å²) in [5.41, 5.74) is 5.30. The van der Waals surface area contributed by atoms with E-state index in [2.05, 4.69) is 24.1 Å². The largest absolute Gasteiger partial charge is 0.370 e. The van der Waals surface area contributed by atoms with Crippen LogP contribution in [0.2, 0.25) is 0 Å². The molecule has 1 fully saturated rings. The Morgan fingerprint density at radius 2 is 1.41 bits per heavy atom. The molecule has 0 spiro atoms. The first-order chi connectivity index (χ1) is 16.5. The average Bonchev–Trinajstić information content (AvgIpc) is 3.36. The molecule has 0 aromatic rings. The zero-order valence-electron chi connectivity index (χ0n) is 22.1. The number of nitrogens with one attached hydrogen (secondary N) is 1. The Morgan fingerprint density at radius 1 is 0.824 bits per heavy atom. The van der Waals surface area contributed by atoms with E-state index in [1.54, 1.807) is 0 Å². The summed E-state index contributed by atoms with van der Waals surface area (Å²) in [6, 6.07) is -0.339. The van der Waals surface area contributed by atoms with Gasteiger partial charge in [0.2, 0.25) is 17.7 Å². The van der Waals surface area contributed by atoms with E-state index in [1.807, 2.05) is 4.90 Å². The molecule has 1 heterocycles. The molecule has 1 aliphatic heterocycles. The van der Waals surface area contributed by atoms with Crippen molar-refractivity contribution in [3.63, 3.8) is 0 Å². The van der Waals surface area contributed by atoms with Crippen LogP contribution in [0.15, 0.2) is 0 Å². The Labute approximate surface area is 208 Å². The molecule has 198 valence electrons. The number of unbranched alkanes of at least 4 members (excludes halogenated alkanes) is 8. The third-order valence-corrected chi connectivity index (χ3v) is 6.77. The van der Waals surface area contributed by atoms with Crippen LogP contribution in [0.5, 0.6) is 0 Å². The summed E-state index contributed by atoms with van der Waals surface area (Å²) in [7, 11) is 0. The number of nitrogens with zero attached hydrogens (tertiary/aromatic N) is 2. The van der Waals surface area contributed by atoms with Gasteiger partial charge in [-0.05, 0) is 51.5 Å². The first-order valence-electron chi connectivity index (χ1n) is 14.1. The van der Waals surface area contributed by atoms with Gasteiger partial charge < -0.3 is 20.9 Å². The van der Waals surface area contributed by atoms with Crippen LogP contribution in [0.1, 0.15) is 117 Å². The van der Waals surface area contributed by atoms with Crippen molar-refractivity contribution in [3.8, 4) is 0 Å². The minimum atomic E-state index is -0.367. The van der Waals surface area contributed by atoms with Gasteiger partial charge in [0.15, 0.2) is 0 Å². The second-order valence-corrected chi connectivity index (χ2v) is 9.86. The predicted octanol–water partition coefficient (Wildman–Crippen LogP) is 4.38. The molecular formula is C27H52N4O3. The summed E-state index contributed by atoms with van der Waals surface area (Å²) in [6.45, 7) is 8.55. The van der Waals surface area contributed by atoms with E-state index in [1.165, 1.54) is 38.5 Å². The lowest BCUT2D eigenvalue weighted by Gasteiger charge is -2.24. The summed E-state index contributed by atoms with van der Waals surface area (Å²) in [6.07, 6.45) is 15.7. The fraction of sp³-hybridized carbons (Fsp3) is 0.889. The lowest BCUT2D eigenvalue weighted by molar-refractivity contribution is -0.133. The molecule has 0 unspecified atom stereocenters. The van der Waals surface area contributed by atoms with Gasteiger partial charge >= 0.3 is 0 Å². The summed E-state index contributed by atoms with van der Waals surface area (Å²) in [5.74, 6) is 0.0219. The van der Waals surface area contributed by atoms with Crippen molar-refractivity contribution >= 4 is 17.7 Å². The number of carbonyl (C=O) groups excluding carboxylic acids is 3. The normalized spacial score (nSPS) is 14.4. The molecule has 7 nitrogen and oxygen atoms in total. The topological polar surface area (TPSA) is 95.7 Å². The number of carbonyl (C=O) groups is 3. The summed E-state index contributed by atoms with van der Waals surface area (Å²) in [5, 5.41) is 3.35. The van der Waals surface area contributed by atoms with Gasteiger partial charge in [-0.25, -0.2) is 0 Å². The minimum Gasteiger partial charge on any atom is -0.370 e. The maximum absolute atomic E-state index is 12.8. The average molecular weight is 481 g/mol. The van der Waals surface area contributed by atoms with E-state index in [-0.39, 0.29) is 24.3 Å². The zero-order valence-corrected chi connectivity index (χ0v) is 22.1. The monoisotopic (exact) mass is 480 g/mol. The van der Waals surface area contributed by atoms with Crippen molar-refractivity contribution in [3.05, 3.63) is 0 Å². The SMILES string of the molecule is CCCCCCN(CCCCCC)C(=O)CCCCCN[C@@H](CCC(N)=O)C(=O)N1CCCC1. The Balaban J connectivity index is 2.33. The summed E-state index contributed by atoms with van der Waals surface area (Å²) < 4.78 is 0. The van der Waals surface area contributed by atoms with Crippen LogP contribution in [0.25, 0.3) is 0 Å². The number of rotatable bonds is 21. The lowest BCUT2D eigenvalue weighted by Crippen LogP contribution is -2.46. The summed E-state index contributed by atoms with van der Waals surface area (Å²) >= 11 is 0. The zero-order chi connectivity index (χ0) is 25.0. The molecule has 3 N–H and O–H groups in total. The number of amides is 3. The predicted molar refractivity (Wildman–Crippen MR) is 139 cm³/mol. The van der Waals surface area contributed by atoms with Gasteiger partial charge in [-0.3, -0.25) is 14.4 Å². The summed E-state index contributed by atoms with van der Waals surface area (Å²) in [4.78, 5) is 40.8. The number of hydrogen-bond donors (Lipinski definition) is 2. The van der Waals surface area contributed by atoms with Gasteiger partial charge in [-0.15, -0.1) is 0 Å². The van der Waals surface area contributed by atoms with Crippen LogP contribution in [0, 0.1) is 0 Å². The van der Waals surface area contributed by atoms with Gasteiger partial charge in [0.1, 0.15) is 0 Å². The standard InChI is InChI=1S/C27H52N4O3/c1-3-5-7-12-20-30(21-13-8-6-4-2)26(33)16-10-9-11-19-29-24(17-18-25(28)32)27(34)31-22-14-15-23-31/h24,29H,3-23H2,1-2H3,(H2,28,32)/t24-/m0/s1. The van der Waals surface area contributed by atoms with Crippen molar-refractivity contribution in [1.29, 1.82) is 0 Å². The van der Waals surface area contributed by atoms with E-state index in [0.717, 1.165) is 77.7 Å².